The second-order valence-corrected chi connectivity index (χ2v) is 6.41. The Balaban J connectivity index is 1.89. The minimum absolute atomic E-state index is 0.112. The van der Waals surface area contributed by atoms with Crippen molar-refractivity contribution < 1.29 is 13.7 Å². The molecule has 0 radical (unpaired) electrons. The van der Waals surface area contributed by atoms with Gasteiger partial charge in [0.1, 0.15) is 5.82 Å². The van der Waals surface area contributed by atoms with Crippen molar-refractivity contribution >= 4 is 28.7 Å². The summed E-state index contributed by atoms with van der Waals surface area (Å²) < 4.78 is 28.0. The predicted octanol–water partition coefficient (Wildman–Crippen LogP) is 4.74. The van der Waals surface area contributed by atoms with E-state index in [-0.39, 0.29) is 17.1 Å². The number of non-ortho nitro benzene ring substituents is 1. The molecule has 1 aromatic heterocycles. The van der Waals surface area contributed by atoms with Crippen LogP contribution in [0.4, 0.5) is 14.5 Å². The van der Waals surface area contributed by atoms with Gasteiger partial charge in [-0.2, -0.15) is 0 Å². The molecule has 0 spiro atoms. The molecule has 148 valence electrons. The zero-order valence-corrected chi connectivity index (χ0v) is 15.3. The maximum Gasteiger partial charge on any atom is 0.269 e. The largest absolute Gasteiger partial charge is 0.269 e. The highest BCUT2D eigenvalue weighted by atomic mass is 19.2. The van der Waals surface area contributed by atoms with Crippen molar-refractivity contribution in [2.75, 3.05) is 0 Å². The van der Waals surface area contributed by atoms with Gasteiger partial charge in [-0.15, -0.1) is 0 Å². The van der Waals surface area contributed by atoms with Gasteiger partial charge in [0.25, 0.3) is 11.2 Å². The van der Waals surface area contributed by atoms with Crippen LogP contribution < -0.4 is 5.56 Å². The van der Waals surface area contributed by atoms with Gasteiger partial charge in [0, 0.05) is 12.1 Å². The fourth-order valence-electron chi connectivity index (χ4n) is 3.02. The Labute approximate surface area is 168 Å². The molecular formula is C22H13F2N3O3. The van der Waals surface area contributed by atoms with Crippen molar-refractivity contribution in [1.29, 1.82) is 0 Å². The van der Waals surface area contributed by atoms with Crippen molar-refractivity contribution in [3.63, 3.8) is 0 Å². The number of nitro groups is 1. The van der Waals surface area contributed by atoms with E-state index in [1.165, 1.54) is 47.1 Å². The van der Waals surface area contributed by atoms with Crippen molar-refractivity contribution in [3.05, 3.63) is 110 Å². The van der Waals surface area contributed by atoms with Crippen LogP contribution in [0.5, 0.6) is 0 Å². The van der Waals surface area contributed by atoms with Crippen molar-refractivity contribution in [2.45, 2.75) is 0 Å². The van der Waals surface area contributed by atoms with Crippen LogP contribution in [0.2, 0.25) is 0 Å². The molecule has 0 saturated carbocycles. The van der Waals surface area contributed by atoms with Crippen LogP contribution in [0, 0.1) is 21.7 Å². The zero-order chi connectivity index (χ0) is 21.3. The molecule has 0 aliphatic carbocycles. The van der Waals surface area contributed by atoms with Gasteiger partial charge in [-0.05, 0) is 48.0 Å². The molecule has 0 unspecified atom stereocenters. The average Bonchev–Trinajstić information content (AvgIpc) is 2.75. The van der Waals surface area contributed by atoms with E-state index < -0.39 is 16.6 Å². The van der Waals surface area contributed by atoms with E-state index >= 15 is 0 Å². The first-order valence-electron chi connectivity index (χ1n) is 8.84. The number of hydrogen-bond donors (Lipinski definition) is 0. The second-order valence-electron chi connectivity index (χ2n) is 6.41. The molecule has 4 rings (SSSR count). The van der Waals surface area contributed by atoms with Crippen LogP contribution in [0.25, 0.3) is 28.7 Å². The number of nitro benzene ring substituents is 1. The zero-order valence-electron chi connectivity index (χ0n) is 15.3. The van der Waals surface area contributed by atoms with Crippen LogP contribution >= 0.6 is 0 Å². The molecule has 0 bridgehead atoms. The molecule has 0 amide bonds. The van der Waals surface area contributed by atoms with E-state index in [2.05, 4.69) is 4.98 Å². The summed E-state index contributed by atoms with van der Waals surface area (Å²) in [5.41, 5.74) is 0.754. The molecule has 3 aromatic carbocycles. The van der Waals surface area contributed by atoms with Crippen molar-refractivity contribution in [2.24, 2.45) is 0 Å². The first kappa shape index (κ1) is 19.1. The van der Waals surface area contributed by atoms with Crippen molar-refractivity contribution in [3.8, 4) is 5.69 Å². The van der Waals surface area contributed by atoms with E-state index in [9.17, 15) is 23.7 Å². The summed E-state index contributed by atoms with van der Waals surface area (Å²) >= 11 is 0. The number of aromatic nitrogens is 2. The van der Waals surface area contributed by atoms with Crippen LogP contribution in [-0.2, 0) is 0 Å². The minimum atomic E-state index is -0.989. The van der Waals surface area contributed by atoms with Gasteiger partial charge in [0.05, 0.1) is 21.5 Å². The molecular weight excluding hydrogens is 392 g/mol. The van der Waals surface area contributed by atoms with E-state index in [4.69, 9.17) is 0 Å². The number of rotatable bonds is 4. The van der Waals surface area contributed by atoms with Crippen molar-refractivity contribution in [1.82, 2.24) is 9.55 Å². The molecule has 30 heavy (non-hydrogen) atoms. The third-order valence-corrected chi connectivity index (χ3v) is 4.49. The smallest absolute Gasteiger partial charge is 0.268 e. The van der Waals surface area contributed by atoms with E-state index in [0.29, 0.717) is 22.2 Å². The van der Waals surface area contributed by atoms with Crippen LogP contribution in [0.15, 0.2) is 71.5 Å². The molecule has 0 aliphatic rings. The monoisotopic (exact) mass is 405 g/mol. The molecule has 0 saturated heterocycles. The number of benzene rings is 3. The number of nitrogens with zero attached hydrogens (tertiary/aromatic N) is 3. The fraction of sp³-hybridized carbons (Fsp3) is 0. The highest BCUT2D eigenvalue weighted by Gasteiger charge is 2.13. The SMILES string of the molecule is O=c1c2ccccc2nc(C=Cc2ccc(F)c(F)c2)n1-c1ccc([N+](=O)[O-])cc1. The van der Waals surface area contributed by atoms with Gasteiger partial charge < -0.3 is 0 Å². The summed E-state index contributed by atoms with van der Waals surface area (Å²) in [6.07, 6.45) is 3.00. The Kier molecular flexibility index (Phi) is 4.89. The highest BCUT2D eigenvalue weighted by Crippen LogP contribution is 2.19. The lowest BCUT2D eigenvalue weighted by molar-refractivity contribution is -0.384. The third-order valence-electron chi connectivity index (χ3n) is 4.49. The Hall–Kier alpha value is -4.20. The van der Waals surface area contributed by atoms with E-state index in [1.807, 2.05) is 0 Å². The number of hydrogen-bond acceptors (Lipinski definition) is 4. The summed E-state index contributed by atoms with van der Waals surface area (Å²) in [4.78, 5) is 28.0. The molecule has 0 fully saturated rings. The first-order valence-corrected chi connectivity index (χ1v) is 8.84. The van der Waals surface area contributed by atoms with Crippen LogP contribution in [0.1, 0.15) is 11.4 Å². The van der Waals surface area contributed by atoms with Gasteiger partial charge in [0.15, 0.2) is 11.6 Å². The summed E-state index contributed by atoms with van der Waals surface area (Å²) in [6, 6.07) is 15.7. The molecule has 0 aliphatic heterocycles. The number of para-hydroxylation sites is 1. The summed E-state index contributed by atoms with van der Waals surface area (Å²) in [5.74, 6) is -1.72. The quantitative estimate of drug-likeness (QED) is 0.363. The lowest BCUT2D eigenvalue weighted by Crippen LogP contribution is -2.22. The van der Waals surface area contributed by atoms with Gasteiger partial charge >= 0.3 is 0 Å². The van der Waals surface area contributed by atoms with Crippen LogP contribution in [0.3, 0.4) is 0 Å². The Morgan fingerprint density at radius 3 is 2.37 bits per heavy atom. The number of halogens is 2. The van der Waals surface area contributed by atoms with Crippen LogP contribution in [-0.4, -0.2) is 14.5 Å². The molecule has 0 atom stereocenters. The molecule has 4 aromatic rings. The molecule has 8 heteroatoms. The topological polar surface area (TPSA) is 78.0 Å². The number of fused-ring (bicyclic) bond motifs is 1. The van der Waals surface area contributed by atoms with Gasteiger partial charge in [-0.1, -0.05) is 24.3 Å². The van der Waals surface area contributed by atoms with Gasteiger partial charge in [-0.25, -0.2) is 13.8 Å². The lowest BCUT2D eigenvalue weighted by atomic mass is 10.2. The average molecular weight is 405 g/mol. The van der Waals surface area contributed by atoms with Gasteiger partial charge in [-0.3, -0.25) is 19.5 Å². The Morgan fingerprint density at radius 2 is 1.67 bits per heavy atom. The standard InChI is InChI=1S/C22H13F2N3O3/c23-18-11-5-14(13-19(18)24)6-12-21-25-20-4-2-1-3-17(20)22(28)26(21)15-7-9-16(10-8-15)27(29)30/h1-13H. The van der Waals surface area contributed by atoms with E-state index in [1.54, 1.807) is 24.3 Å². The summed E-state index contributed by atoms with van der Waals surface area (Å²) in [7, 11) is 0. The summed E-state index contributed by atoms with van der Waals surface area (Å²) in [6.45, 7) is 0. The Bertz CT molecular complexity index is 1360. The maximum atomic E-state index is 13.5. The fourth-order valence-corrected chi connectivity index (χ4v) is 3.02. The molecule has 1 heterocycles. The molecule has 6 nitrogen and oxygen atoms in total. The Morgan fingerprint density at radius 1 is 0.933 bits per heavy atom. The normalized spacial score (nSPS) is 11.3. The first-order chi connectivity index (χ1) is 14.4. The predicted molar refractivity (Wildman–Crippen MR) is 109 cm³/mol. The summed E-state index contributed by atoms with van der Waals surface area (Å²) in [5, 5.41) is 11.3. The lowest BCUT2D eigenvalue weighted by Gasteiger charge is -2.11. The third kappa shape index (κ3) is 3.58. The van der Waals surface area contributed by atoms with E-state index in [0.717, 1.165) is 12.1 Å². The minimum Gasteiger partial charge on any atom is -0.268 e. The second kappa shape index (κ2) is 7.67. The highest BCUT2D eigenvalue weighted by molar-refractivity contribution is 5.80. The van der Waals surface area contributed by atoms with Gasteiger partial charge in [0.2, 0.25) is 0 Å². The maximum absolute atomic E-state index is 13.5. The molecule has 0 N–H and O–H groups in total.